The molecule has 0 aromatic heterocycles. The van der Waals surface area contributed by atoms with Crippen LogP contribution in [0.25, 0.3) is 0 Å². The highest BCUT2D eigenvalue weighted by Gasteiger charge is 2.27. The van der Waals surface area contributed by atoms with E-state index in [1.165, 1.54) is 18.2 Å². The fourth-order valence-electron chi connectivity index (χ4n) is 1.51. The molecule has 0 heterocycles. The van der Waals surface area contributed by atoms with E-state index in [2.05, 4.69) is 0 Å². The first kappa shape index (κ1) is 13.4. The summed E-state index contributed by atoms with van der Waals surface area (Å²) in [6.45, 7) is 3.42. The number of carboxylic acid groups (broad SMARTS) is 1. The summed E-state index contributed by atoms with van der Waals surface area (Å²) in [6.07, 6.45) is 0.138. The number of hydrogen-bond donors (Lipinski definition) is 2. The van der Waals surface area contributed by atoms with Crippen LogP contribution in [0.2, 0.25) is 0 Å². The van der Waals surface area contributed by atoms with Gasteiger partial charge < -0.3 is 15.6 Å². The number of aliphatic carboxylic acids is 1. The van der Waals surface area contributed by atoms with Gasteiger partial charge in [0.2, 0.25) is 0 Å². The average molecular weight is 241 g/mol. The lowest BCUT2D eigenvalue weighted by molar-refractivity contribution is -0.139. The molecule has 1 aromatic carbocycles. The van der Waals surface area contributed by atoms with Crippen LogP contribution in [-0.2, 0) is 4.79 Å². The molecule has 1 unspecified atom stereocenters. The Bertz CT molecular complexity index is 406. The number of carbonyl (C=O) groups is 1. The molecular weight excluding hydrogens is 225 g/mol. The smallest absolute Gasteiger partial charge is 0.320 e. The molecule has 0 aliphatic heterocycles. The summed E-state index contributed by atoms with van der Waals surface area (Å²) >= 11 is 0. The van der Waals surface area contributed by atoms with Crippen molar-refractivity contribution in [3.63, 3.8) is 0 Å². The first-order chi connectivity index (χ1) is 7.80. The Morgan fingerprint density at radius 2 is 2.24 bits per heavy atom. The molecule has 1 aromatic rings. The van der Waals surface area contributed by atoms with Gasteiger partial charge in [0, 0.05) is 12.5 Å². The van der Waals surface area contributed by atoms with Crippen molar-refractivity contribution in [3.05, 3.63) is 30.1 Å². The Morgan fingerprint density at radius 1 is 1.59 bits per heavy atom. The van der Waals surface area contributed by atoms with Crippen LogP contribution in [0.1, 0.15) is 20.3 Å². The number of carboxylic acids is 1. The van der Waals surface area contributed by atoms with E-state index in [9.17, 15) is 9.18 Å². The largest absolute Gasteiger partial charge is 0.488 e. The van der Waals surface area contributed by atoms with Crippen LogP contribution in [0.4, 0.5) is 4.39 Å². The van der Waals surface area contributed by atoms with E-state index in [-0.39, 0.29) is 6.42 Å². The highest BCUT2D eigenvalue weighted by atomic mass is 19.1. The molecule has 4 nitrogen and oxygen atoms in total. The Labute approximate surface area is 99.2 Å². The Kier molecular flexibility index (Phi) is 4.07. The van der Waals surface area contributed by atoms with Crippen molar-refractivity contribution < 1.29 is 19.0 Å². The number of hydrogen-bond acceptors (Lipinski definition) is 3. The zero-order chi connectivity index (χ0) is 13.1. The Hall–Kier alpha value is -1.62. The molecule has 0 saturated heterocycles. The molecule has 1 atom stereocenters. The molecule has 5 heteroatoms. The van der Waals surface area contributed by atoms with Gasteiger partial charge >= 0.3 is 5.97 Å². The summed E-state index contributed by atoms with van der Waals surface area (Å²) < 4.78 is 18.5. The Morgan fingerprint density at radius 3 is 2.76 bits per heavy atom. The molecule has 94 valence electrons. The molecule has 0 fully saturated rings. The van der Waals surface area contributed by atoms with Crippen molar-refractivity contribution >= 4 is 5.97 Å². The minimum atomic E-state index is -1.08. The van der Waals surface area contributed by atoms with Crippen LogP contribution >= 0.6 is 0 Å². The lowest BCUT2D eigenvalue weighted by Crippen LogP contribution is -2.41. The summed E-state index contributed by atoms with van der Waals surface area (Å²) in [5, 5.41) is 8.71. The van der Waals surface area contributed by atoms with E-state index in [0.717, 1.165) is 0 Å². The van der Waals surface area contributed by atoms with Gasteiger partial charge in [-0.3, -0.25) is 4.79 Å². The van der Waals surface area contributed by atoms with Gasteiger partial charge in [0.05, 0.1) is 0 Å². The van der Waals surface area contributed by atoms with E-state index in [1.807, 2.05) is 0 Å². The third-order valence-electron chi connectivity index (χ3n) is 2.22. The van der Waals surface area contributed by atoms with E-state index < -0.39 is 23.4 Å². The SMILES string of the molecule is CC(C)(CC(N)C(=O)O)Oc1cccc(F)c1. The molecule has 0 aliphatic rings. The highest BCUT2D eigenvalue weighted by molar-refractivity contribution is 5.73. The monoisotopic (exact) mass is 241 g/mol. The summed E-state index contributed by atoms with van der Waals surface area (Å²) in [6, 6.07) is 4.69. The maximum absolute atomic E-state index is 12.9. The quantitative estimate of drug-likeness (QED) is 0.824. The predicted molar refractivity (Wildman–Crippen MR) is 61.3 cm³/mol. The summed E-state index contributed by atoms with van der Waals surface area (Å²) in [7, 11) is 0. The van der Waals surface area contributed by atoms with Crippen molar-refractivity contribution in [2.24, 2.45) is 5.73 Å². The standard InChI is InChI=1S/C12H16FNO3/c1-12(2,7-10(14)11(15)16)17-9-5-3-4-8(13)6-9/h3-6,10H,7,14H2,1-2H3,(H,15,16). The summed E-state index contributed by atoms with van der Waals surface area (Å²) in [5.41, 5.74) is 4.66. The van der Waals surface area contributed by atoms with Crippen LogP contribution in [0, 0.1) is 5.82 Å². The first-order valence-electron chi connectivity index (χ1n) is 5.23. The molecule has 17 heavy (non-hydrogen) atoms. The second-order valence-electron chi connectivity index (χ2n) is 4.47. The molecule has 3 N–H and O–H groups in total. The molecule has 0 saturated carbocycles. The highest BCUT2D eigenvalue weighted by Crippen LogP contribution is 2.22. The van der Waals surface area contributed by atoms with Crippen LogP contribution in [0.5, 0.6) is 5.75 Å². The van der Waals surface area contributed by atoms with E-state index >= 15 is 0 Å². The maximum Gasteiger partial charge on any atom is 0.320 e. The van der Waals surface area contributed by atoms with E-state index in [4.69, 9.17) is 15.6 Å². The van der Waals surface area contributed by atoms with Crippen LogP contribution in [0.3, 0.4) is 0 Å². The number of benzene rings is 1. The lowest BCUT2D eigenvalue weighted by atomic mass is 9.99. The Balaban J connectivity index is 2.69. The summed E-state index contributed by atoms with van der Waals surface area (Å²) in [5.74, 6) is -1.13. The van der Waals surface area contributed by atoms with E-state index in [1.54, 1.807) is 19.9 Å². The minimum absolute atomic E-state index is 0.138. The van der Waals surface area contributed by atoms with E-state index in [0.29, 0.717) is 5.75 Å². The molecule has 0 bridgehead atoms. The zero-order valence-corrected chi connectivity index (χ0v) is 9.81. The number of nitrogens with two attached hydrogens (primary N) is 1. The van der Waals surface area contributed by atoms with Crippen molar-refractivity contribution in [1.29, 1.82) is 0 Å². The van der Waals surface area contributed by atoms with Gasteiger partial charge in [-0.2, -0.15) is 0 Å². The normalized spacial score (nSPS) is 13.2. The van der Waals surface area contributed by atoms with Crippen molar-refractivity contribution in [3.8, 4) is 5.75 Å². The number of rotatable bonds is 5. The van der Waals surface area contributed by atoms with Gasteiger partial charge in [-0.15, -0.1) is 0 Å². The topological polar surface area (TPSA) is 72.6 Å². The van der Waals surface area contributed by atoms with Gasteiger partial charge in [0.1, 0.15) is 23.2 Å². The van der Waals surface area contributed by atoms with Crippen LogP contribution in [0.15, 0.2) is 24.3 Å². The first-order valence-corrected chi connectivity index (χ1v) is 5.23. The molecule has 1 rings (SSSR count). The van der Waals surface area contributed by atoms with Crippen LogP contribution in [-0.4, -0.2) is 22.7 Å². The predicted octanol–water partition coefficient (Wildman–Crippen LogP) is 1.79. The van der Waals surface area contributed by atoms with Crippen molar-refractivity contribution in [2.45, 2.75) is 31.9 Å². The second-order valence-corrected chi connectivity index (χ2v) is 4.47. The van der Waals surface area contributed by atoms with Crippen molar-refractivity contribution in [2.75, 3.05) is 0 Å². The second kappa shape index (κ2) is 5.14. The third-order valence-corrected chi connectivity index (χ3v) is 2.22. The summed E-state index contributed by atoms with van der Waals surface area (Å²) in [4.78, 5) is 10.6. The maximum atomic E-state index is 12.9. The molecule has 0 radical (unpaired) electrons. The third kappa shape index (κ3) is 4.40. The van der Waals surface area contributed by atoms with Crippen molar-refractivity contribution in [1.82, 2.24) is 0 Å². The zero-order valence-electron chi connectivity index (χ0n) is 9.81. The fourth-order valence-corrected chi connectivity index (χ4v) is 1.51. The molecule has 0 aliphatic carbocycles. The molecule has 0 spiro atoms. The van der Waals surface area contributed by atoms with Gasteiger partial charge in [-0.25, -0.2) is 4.39 Å². The molecule has 0 amide bonds. The van der Waals surface area contributed by atoms with Gasteiger partial charge in [-0.1, -0.05) is 6.07 Å². The van der Waals surface area contributed by atoms with Crippen LogP contribution < -0.4 is 10.5 Å². The van der Waals surface area contributed by atoms with Gasteiger partial charge in [0.15, 0.2) is 0 Å². The lowest BCUT2D eigenvalue weighted by Gasteiger charge is -2.28. The average Bonchev–Trinajstić information content (AvgIpc) is 2.15. The number of halogens is 1. The van der Waals surface area contributed by atoms with Gasteiger partial charge in [0.25, 0.3) is 0 Å². The van der Waals surface area contributed by atoms with Gasteiger partial charge in [-0.05, 0) is 26.0 Å². The minimum Gasteiger partial charge on any atom is -0.488 e. The fraction of sp³-hybridized carbons (Fsp3) is 0.417. The number of ether oxygens (including phenoxy) is 1. The molecular formula is C12H16FNO3.